The van der Waals surface area contributed by atoms with Crippen LogP contribution in [0.3, 0.4) is 0 Å². The van der Waals surface area contributed by atoms with E-state index in [1.165, 1.54) is 24.3 Å². The van der Waals surface area contributed by atoms with E-state index in [-0.39, 0.29) is 17.1 Å². The number of rotatable bonds is 3. The van der Waals surface area contributed by atoms with E-state index in [4.69, 9.17) is 16.1 Å². The molecule has 0 aliphatic carbocycles. The summed E-state index contributed by atoms with van der Waals surface area (Å²) in [6.07, 6.45) is 0. The molecule has 6 nitrogen and oxygen atoms in total. The van der Waals surface area contributed by atoms with Crippen LogP contribution >= 0.6 is 0 Å². The Morgan fingerprint density at radius 1 is 1.53 bits per heavy atom. The molecule has 15 heavy (non-hydrogen) atoms. The van der Waals surface area contributed by atoms with Crippen LogP contribution in [-0.4, -0.2) is 19.3 Å². The molecule has 1 aromatic carbocycles. The standard InChI is InChI=1S/C8H9N3O3S/c9-3-4-15(13,14)11-8-2-1-6(12)5-7(8)10/h1-2,5,11-12H,4,10H2. The van der Waals surface area contributed by atoms with Crippen molar-refractivity contribution in [3.05, 3.63) is 18.2 Å². The van der Waals surface area contributed by atoms with Crippen LogP contribution in [0.5, 0.6) is 5.75 Å². The van der Waals surface area contributed by atoms with Gasteiger partial charge in [0, 0.05) is 6.07 Å². The first kappa shape index (κ1) is 11.1. The van der Waals surface area contributed by atoms with Gasteiger partial charge in [0.05, 0.1) is 17.4 Å². The largest absolute Gasteiger partial charge is 0.508 e. The average molecular weight is 227 g/mol. The summed E-state index contributed by atoms with van der Waals surface area (Å²) in [4.78, 5) is 0. The van der Waals surface area contributed by atoms with Gasteiger partial charge in [-0.1, -0.05) is 0 Å². The summed E-state index contributed by atoms with van der Waals surface area (Å²) in [6.45, 7) is 0. The number of nitriles is 1. The fraction of sp³-hybridized carbons (Fsp3) is 0.125. The van der Waals surface area contributed by atoms with E-state index in [0.717, 1.165) is 0 Å². The Kier molecular flexibility index (Phi) is 3.01. The number of anilines is 2. The van der Waals surface area contributed by atoms with Crippen molar-refractivity contribution >= 4 is 21.4 Å². The topological polar surface area (TPSA) is 116 Å². The molecule has 7 heteroatoms. The van der Waals surface area contributed by atoms with E-state index in [2.05, 4.69) is 4.72 Å². The number of nitrogens with two attached hydrogens (primary N) is 1. The zero-order chi connectivity index (χ0) is 11.5. The summed E-state index contributed by atoms with van der Waals surface area (Å²) in [5.41, 5.74) is 5.69. The number of nitrogens with one attached hydrogen (secondary N) is 1. The van der Waals surface area contributed by atoms with Crippen LogP contribution in [0.1, 0.15) is 0 Å². The van der Waals surface area contributed by atoms with Gasteiger partial charge >= 0.3 is 0 Å². The molecule has 0 aromatic heterocycles. The van der Waals surface area contributed by atoms with Crippen molar-refractivity contribution in [2.24, 2.45) is 0 Å². The average Bonchev–Trinajstić information content (AvgIpc) is 2.09. The second kappa shape index (κ2) is 4.06. The monoisotopic (exact) mass is 227 g/mol. The van der Waals surface area contributed by atoms with Crippen molar-refractivity contribution in [2.75, 3.05) is 16.2 Å². The van der Waals surface area contributed by atoms with Gasteiger partial charge in [0.2, 0.25) is 10.0 Å². The lowest BCUT2D eigenvalue weighted by atomic mass is 10.2. The molecule has 0 amide bonds. The van der Waals surface area contributed by atoms with Crippen LogP contribution in [0.2, 0.25) is 0 Å². The highest BCUT2D eigenvalue weighted by molar-refractivity contribution is 7.92. The number of hydrogen-bond acceptors (Lipinski definition) is 5. The minimum Gasteiger partial charge on any atom is -0.508 e. The molecule has 0 saturated carbocycles. The molecule has 0 aliphatic rings. The molecule has 0 heterocycles. The summed E-state index contributed by atoms with van der Waals surface area (Å²) in [7, 11) is -3.69. The van der Waals surface area contributed by atoms with Crippen molar-refractivity contribution < 1.29 is 13.5 Å². The predicted octanol–water partition coefficient (Wildman–Crippen LogP) is 0.240. The second-order valence-corrected chi connectivity index (χ2v) is 4.51. The number of nitrogens with zero attached hydrogens (tertiary/aromatic N) is 1. The molecule has 1 aromatic rings. The van der Waals surface area contributed by atoms with Crippen LogP contribution in [0, 0.1) is 11.3 Å². The van der Waals surface area contributed by atoms with Crippen molar-refractivity contribution in [3.63, 3.8) is 0 Å². The van der Waals surface area contributed by atoms with Crippen LogP contribution in [0.15, 0.2) is 18.2 Å². The highest BCUT2D eigenvalue weighted by Gasteiger charge is 2.11. The fourth-order valence-corrected chi connectivity index (χ4v) is 1.69. The van der Waals surface area contributed by atoms with Crippen molar-refractivity contribution in [3.8, 4) is 11.8 Å². The first-order valence-electron chi connectivity index (χ1n) is 3.90. The Balaban J connectivity index is 2.96. The molecule has 0 aliphatic heterocycles. The minimum atomic E-state index is -3.69. The first-order chi connectivity index (χ1) is 6.94. The molecule has 0 saturated heterocycles. The lowest BCUT2D eigenvalue weighted by molar-refractivity contribution is 0.475. The van der Waals surface area contributed by atoms with E-state index in [0.29, 0.717) is 0 Å². The second-order valence-electron chi connectivity index (χ2n) is 2.79. The van der Waals surface area contributed by atoms with Gasteiger partial charge in [0.15, 0.2) is 5.75 Å². The quantitative estimate of drug-likeness (QED) is 0.505. The highest BCUT2D eigenvalue weighted by Crippen LogP contribution is 2.23. The van der Waals surface area contributed by atoms with Gasteiger partial charge in [-0.2, -0.15) is 5.26 Å². The summed E-state index contributed by atoms with van der Waals surface area (Å²) in [5, 5.41) is 17.3. The Morgan fingerprint density at radius 2 is 2.20 bits per heavy atom. The molecule has 0 unspecified atom stereocenters. The Morgan fingerprint density at radius 3 is 2.73 bits per heavy atom. The first-order valence-corrected chi connectivity index (χ1v) is 5.56. The van der Waals surface area contributed by atoms with Gasteiger partial charge in [-0.25, -0.2) is 8.42 Å². The molecule has 0 bridgehead atoms. The third kappa shape index (κ3) is 3.03. The van der Waals surface area contributed by atoms with Crippen LogP contribution in [0.25, 0.3) is 0 Å². The normalized spacial score (nSPS) is 10.6. The number of sulfonamides is 1. The Bertz CT molecular complexity index is 504. The smallest absolute Gasteiger partial charge is 0.246 e. The van der Waals surface area contributed by atoms with Crippen molar-refractivity contribution in [1.29, 1.82) is 5.26 Å². The third-order valence-corrected chi connectivity index (χ3v) is 2.60. The maximum absolute atomic E-state index is 11.2. The lowest BCUT2D eigenvalue weighted by Gasteiger charge is -2.07. The molecular formula is C8H9N3O3S. The number of phenolic OH excluding ortho intramolecular Hbond substituents is 1. The number of hydrogen-bond donors (Lipinski definition) is 3. The Labute approximate surface area is 87.0 Å². The van der Waals surface area contributed by atoms with Crippen LogP contribution in [0.4, 0.5) is 11.4 Å². The molecule has 0 spiro atoms. The molecule has 1 rings (SSSR count). The van der Waals surface area contributed by atoms with Gasteiger partial charge in [0.1, 0.15) is 5.75 Å². The third-order valence-electron chi connectivity index (χ3n) is 1.56. The molecular weight excluding hydrogens is 218 g/mol. The van der Waals surface area contributed by atoms with Gasteiger partial charge in [-0.05, 0) is 12.1 Å². The summed E-state index contributed by atoms with van der Waals surface area (Å²) in [6, 6.07) is 5.34. The summed E-state index contributed by atoms with van der Waals surface area (Å²) >= 11 is 0. The van der Waals surface area contributed by atoms with Gasteiger partial charge in [0.25, 0.3) is 0 Å². The number of phenols is 1. The van der Waals surface area contributed by atoms with Crippen molar-refractivity contribution in [1.82, 2.24) is 0 Å². The van der Waals surface area contributed by atoms with E-state index >= 15 is 0 Å². The lowest BCUT2D eigenvalue weighted by Crippen LogP contribution is -2.16. The molecule has 80 valence electrons. The molecule has 4 N–H and O–H groups in total. The Hall–Kier alpha value is -1.94. The zero-order valence-electron chi connectivity index (χ0n) is 7.64. The van der Waals surface area contributed by atoms with Gasteiger partial charge in [-0.3, -0.25) is 4.72 Å². The molecule has 0 atom stereocenters. The predicted molar refractivity (Wildman–Crippen MR) is 55.5 cm³/mol. The van der Waals surface area contributed by atoms with E-state index < -0.39 is 15.8 Å². The zero-order valence-corrected chi connectivity index (χ0v) is 8.45. The van der Waals surface area contributed by atoms with E-state index in [9.17, 15) is 8.42 Å². The summed E-state index contributed by atoms with van der Waals surface area (Å²) in [5.74, 6) is -0.705. The maximum Gasteiger partial charge on any atom is 0.246 e. The maximum atomic E-state index is 11.2. The number of aromatic hydroxyl groups is 1. The van der Waals surface area contributed by atoms with Gasteiger partial charge < -0.3 is 10.8 Å². The molecule has 0 radical (unpaired) electrons. The number of nitrogen functional groups attached to an aromatic ring is 1. The van der Waals surface area contributed by atoms with Gasteiger partial charge in [-0.15, -0.1) is 0 Å². The van der Waals surface area contributed by atoms with E-state index in [1.54, 1.807) is 0 Å². The SMILES string of the molecule is N#CCS(=O)(=O)Nc1ccc(O)cc1N. The summed E-state index contributed by atoms with van der Waals surface area (Å²) < 4.78 is 24.5. The molecule has 0 fully saturated rings. The van der Waals surface area contributed by atoms with Crippen molar-refractivity contribution in [2.45, 2.75) is 0 Å². The van der Waals surface area contributed by atoms with Crippen LogP contribution < -0.4 is 10.5 Å². The fourth-order valence-electron chi connectivity index (χ4n) is 0.932. The highest BCUT2D eigenvalue weighted by atomic mass is 32.2. The number of benzene rings is 1. The minimum absolute atomic E-state index is 0.0595. The van der Waals surface area contributed by atoms with Crippen LogP contribution in [-0.2, 0) is 10.0 Å². The van der Waals surface area contributed by atoms with E-state index in [1.807, 2.05) is 0 Å².